The number of carbonyl (C=O) groups excluding carboxylic acids is 1. The maximum absolute atomic E-state index is 12.1. The van der Waals surface area contributed by atoms with Gasteiger partial charge in [0.25, 0.3) is 0 Å². The zero-order valence-electron chi connectivity index (χ0n) is 13.2. The third-order valence-electron chi connectivity index (χ3n) is 3.45. The van der Waals surface area contributed by atoms with Crippen molar-refractivity contribution in [2.45, 2.75) is 24.7 Å². The SMILES string of the molecule is Cc1ccc(SCCCC(=O)Nc2nc3c(Br)cccc3s2)cc1. The van der Waals surface area contributed by atoms with Crippen LogP contribution >= 0.6 is 39.0 Å². The van der Waals surface area contributed by atoms with Crippen LogP contribution in [0.2, 0.25) is 0 Å². The number of amides is 1. The van der Waals surface area contributed by atoms with E-state index in [2.05, 4.69) is 57.4 Å². The number of nitrogens with one attached hydrogen (secondary N) is 1. The Morgan fingerprint density at radius 2 is 2.04 bits per heavy atom. The summed E-state index contributed by atoms with van der Waals surface area (Å²) in [7, 11) is 0. The van der Waals surface area contributed by atoms with E-state index in [1.807, 2.05) is 18.2 Å². The van der Waals surface area contributed by atoms with Crippen molar-refractivity contribution >= 4 is 60.3 Å². The Bertz CT molecular complexity index is 846. The van der Waals surface area contributed by atoms with Crippen molar-refractivity contribution in [3.63, 3.8) is 0 Å². The van der Waals surface area contributed by atoms with Gasteiger partial charge in [-0.05, 0) is 59.3 Å². The highest BCUT2D eigenvalue weighted by Gasteiger charge is 2.09. The highest BCUT2D eigenvalue weighted by Crippen LogP contribution is 2.31. The van der Waals surface area contributed by atoms with Crippen molar-refractivity contribution in [2.75, 3.05) is 11.1 Å². The highest BCUT2D eigenvalue weighted by molar-refractivity contribution is 9.10. The fourth-order valence-electron chi connectivity index (χ4n) is 2.21. The molecule has 3 aromatic rings. The van der Waals surface area contributed by atoms with Crippen LogP contribution in [0.3, 0.4) is 0 Å². The molecule has 0 radical (unpaired) electrons. The average molecular weight is 421 g/mol. The maximum Gasteiger partial charge on any atom is 0.226 e. The normalized spacial score (nSPS) is 10.9. The lowest BCUT2D eigenvalue weighted by Gasteiger charge is -2.03. The Kier molecular flexibility index (Phi) is 5.92. The molecule has 3 nitrogen and oxygen atoms in total. The van der Waals surface area contributed by atoms with Crippen LogP contribution in [0.5, 0.6) is 0 Å². The number of aryl methyl sites for hydroxylation is 1. The molecule has 0 atom stereocenters. The zero-order valence-corrected chi connectivity index (χ0v) is 16.4. The summed E-state index contributed by atoms with van der Waals surface area (Å²) in [4.78, 5) is 17.8. The molecule has 0 aliphatic heterocycles. The summed E-state index contributed by atoms with van der Waals surface area (Å²) in [6.07, 6.45) is 1.36. The van der Waals surface area contributed by atoms with E-state index in [-0.39, 0.29) is 5.91 Å². The van der Waals surface area contributed by atoms with Crippen molar-refractivity contribution < 1.29 is 4.79 Å². The Balaban J connectivity index is 1.46. The second kappa shape index (κ2) is 8.14. The molecule has 0 spiro atoms. The minimum absolute atomic E-state index is 0.0229. The first-order valence-corrected chi connectivity index (χ1v) is 10.3. The smallest absolute Gasteiger partial charge is 0.226 e. The molecule has 0 saturated heterocycles. The first-order valence-electron chi connectivity index (χ1n) is 7.66. The summed E-state index contributed by atoms with van der Waals surface area (Å²) in [5.41, 5.74) is 2.16. The Morgan fingerprint density at radius 3 is 2.79 bits per heavy atom. The third-order valence-corrected chi connectivity index (χ3v) is 6.13. The number of aromatic nitrogens is 1. The lowest BCUT2D eigenvalue weighted by atomic mass is 10.2. The van der Waals surface area contributed by atoms with E-state index in [1.165, 1.54) is 21.8 Å². The Labute approximate surface area is 158 Å². The molecule has 1 amide bonds. The number of benzene rings is 2. The molecule has 2 aromatic carbocycles. The van der Waals surface area contributed by atoms with Gasteiger partial charge in [0.15, 0.2) is 5.13 Å². The van der Waals surface area contributed by atoms with Crippen molar-refractivity contribution in [2.24, 2.45) is 0 Å². The molecule has 0 unspecified atom stereocenters. The molecule has 0 aliphatic rings. The number of nitrogens with zero attached hydrogens (tertiary/aromatic N) is 1. The number of hydrogen-bond donors (Lipinski definition) is 1. The minimum atomic E-state index is 0.0229. The third kappa shape index (κ3) is 4.59. The number of thiazole rings is 1. The van der Waals surface area contributed by atoms with Gasteiger partial charge in [-0.3, -0.25) is 4.79 Å². The average Bonchev–Trinajstić information content (AvgIpc) is 2.97. The fourth-order valence-corrected chi connectivity index (χ4v) is 4.56. The van der Waals surface area contributed by atoms with Gasteiger partial charge >= 0.3 is 0 Å². The molecular weight excluding hydrogens is 404 g/mol. The molecule has 1 heterocycles. The van der Waals surface area contributed by atoms with Gasteiger partial charge in [-0.1, -0.05) is 35.1 Å². The number of carbonyl (C=O) groups is 1. The molecule has 0 fully saturated rings. The fraction of sp³-hybridized carbons (Fsp3) is 0.222. The Morgan fingerprint density at radius 1 is 1.25 bits per heavy atom. The van der Waals surface area contributed by atoms with Gasteiger partial charge in [0.2, 0.25) is 5.91 Å². The molecule has 0 saturated carbocycles. The van der Waals surface area contributed by atoms with Crippen LogP contribution in [-0.2, 0) is 4.79 Å². The summed E-state index contributed by atoms with van der Waals surface area (Å²) in [6.45, 7) is 2.08. The summed E-state index contributed by atoms with van der Waals surface area (Å²) in [5, 5.41) is 3.56. The summed E-state index contributed by atoms with van der Waals surface area (Å²) in [6, 6.07) is 14.4. The van der Waals surface area contributed by atoms with E-state index in [4.69, 9.17) is 0 Å². The van der Waals surface area contributed by atoms with Gasteiger partial charge in [-0.15, -0.1) is 11.8 Å². The molecule has 0 aliphatic carbocycles. The van der Waals surface area contributed by atoms with Crippen LogP contribution in [0, 0.1) is 6.92 Å². The van der Waals surface area contributed by atoms with Crippen LogP contribution < -0.4 is 5.32 Å². The minimum Gasteiger partial charge on any atom is -0.302 e. The number of para-hydroxylation sites is 1. The van der Waals surface area contributed by atoms with Gasteiger partial charge in [-0.25, -0.2) is 4.98 Å². The number of hydrogen-bond acceptors (Lipinski definition) is 4. The van der Waals surface area contributed by atoms with E-state index in [0.29, 0.717) is 11.6 Å². The second-order valence-electron chi connectivity index (χ2n) is 5.42. The number of halogens is 1. The van der Waals surface area contributed by atoms with Gasteiger partial charge in [0, 0.05) is 15.8 Å². The molecule has 6 heteroatoms. The van der Waals surface area contributed by atoms with E-state index in [0.717, 1.165) is 26.9 Å². The number of fused-ring (bicyclic) bond motifs is 1. The van der Waals surface area contributed by atoms with Crippen LogP contribution in [0.15, 0.2) is 51.8 Å². The van der Waals surface area contributed by atoms with E-state index in [1.54, 1.807) is 11.8 Å². The van der Waals surface area contributed by atoms with E-state index >= 15 is 0 Å². The van der Waals surface area contributed by atoms with Crippen LogP contribution in [-0.4, -0.2) is 16.6 Å². The summed E-state index contributed by atoms with van der Waals surface area (Å²) < 4.78 is 2.01. The van der Waals surface area contributed by atoms with Crippen molar-refractivity contribution in [3.8, 4) is 0 Å². The first kappa shape index (κ1) is 17.5. The van der Waals surface area contributed by atoms with E-state index in [9.17, 15) is 4.79 Å². The first-order chi connectivity index (χ1) is 11.6. The summed E-state index contributed by atoms with van der Waals surface area (Å²) >= 11 is 6.77. The van der Waals surface area contributed by atoms with Crippen molar-refractivity contribution in [3.05, 3.63) is 52.5 Å². The maximum atomic E-state index is 12.1. The number of anilines is 1. The quantitative estimate of drug-likeness (QED) is 0.399. The standard InChI is InChI=1S/C18H17BrN2OS2/c1-12-7-9-13(10-8-12)23-11-3-6-16(22)20-18-21-17-14(19)4-2-5-15(17)24-18/h2,4-5,7-10H,3,6,11H2,1H3,(H,20,21,22). The van der Waals surface area contributed by atoms with Crippen LogP contribution in [0.25, 0.3) is 10.2 Å². The number of thioether (sulfide) groups is 1. The lowest BCUT2D eigenvalue weighted by Crippen LogP contribution is -2.11. The molecular formula is C18H17BrN2OS2. The zero-order chi connectivity index (χ0) is 16.9. The molecule has 0 bridgehead atoms. The summed E-state index contributed by atoms with van der Waals surface area (Å²) in [5.74, 6) is 0.955. The van der Waals surface area contributed by atoms with Gasteiger partial charge < -0.3 is 5.32 Å². The molecule has 1 aromatic heterocycles. The van der Waals surface area contributed by atoms with Crippen LogP contribution in [0.4, 0.5) is 5.13 Å². The Hall–Kier alpha value is -1.37. The molecule has 1 N–H and O–H groups in total. The van der Waals surface area contributed by atoms with Crippen LogP contribution in [0.1, 0.15) is 18.4 Å². The van der Waals surface area contributed by atoms with Gasteiger partial charge in [-0.2, -0.15) is 0 Å². The topological polar surface area (TPSA) is 42.0 Å². The molecule has 3 rings (SSSR count). The largest absolute Gasteiger partial charge is 0.302 e. The second-order valence-corrected chi connectivity index (χ2v) is 8.47. The van der Waals surface area contributed by atoms with Gasteiger partial charge in [0.05, 0.1) is 10.2 Å². The predicted octanol–water partition coefficient (Wildman–Crippen LogP) is 5.88. The van der Waals surface area contributed by atoms with Crippen molar-refractivity contribution in [1.82, 2.24) is 4.98 Å². The van der Waals surface area contributed by atoms with E-state index < -0.39 is 0 Å². The molecule has 24 heavy (non-hydrogen) atoms. The monoisotopic (exact) mass is 420 g/mol. The predicted molar refractivity (Wildman–Crippen MR) is 107 cm³/mol. The van der Waals surface area contributed by atoms with Crippen molar-refractivity contribution in [1.29, 1.82) is 0 Å². The molecule has 124 valence electrons. The van der Waals surface area contributed by atoms with Gasteiger partial charge in [0.1, 0.15) is 0 Å². The highest BCUT2D eigenvalue weighted by atomic mass is 79.9. The number of rotatable bonds is 6. The lowest BCUT2D eigenvalue weighted by molar-refractivity contribution is -0.116.